The van der Waals surface area contributed by atoms with Crippen molar-refractivity contribution in [2.75, 3.05) is 0 Å². The molecule has 0 bridgehead atoms. The molecule has 0 saturated heterocycles. The fourth-order valence-electron chi connectivity index (χ4n) is 3.82. The van der Waals surface area contributed by atoms with Crippen LogP contribution in [0.5, 0.6) is 0 Å². The number of aromatic nitrogens is 4. The summed E-state index contributed by atoms with van der Waals surface area (Å²) < 4.78 is 3.22. The lowest BCUT2D eigenvalue weighted by molar-refractivity contribution is 0.779. The number of thioether (sulfide) groups is 1. The molecule has 0 N–H and O–H groups in total. The third kappa shape index (κ3) is 3.74. The van der Waals surface area contributed by atoms with E-state index in [0.717, 1.165) is 16.8 Å². The van der Waals surface area contributed by atoms with Crippen molar-refractivity contribution in [2.45, 2.75) is 24.8 Å². The van der Waals surface area contributed by atoms with Crippen LogP contribution in [0, 0.1) is 13.8 Å². The number of benzene rings is 3. The molecule has 2 aromatic heterocycles. The zero-order valence-corrected chi connectivity index (χ0v) is 19.4. The van der Waals surface area contributed by atoms with Crippen molar-refractivity contribution in [3.05, 3.63) is 104 Å². The quantitative estimate of drug-likeness (QED) is 0.295. The minimum atomic E-state index is -0.119. The van der Waals surface area contributed by atoms with E-state index in [-0.39, 0.29) is 11.1 Å². The Balaban J connectivity index is 1.64. The van der Waals surface area contributed by atoms with Gasteiger partial charge in [0.1, 0.15) is 5.82 Å². The molecule has 0 amide bonds. The highest BCUT2D eigenvalue weighted by Crippen LogP contribution is 2.25. The van der Waals surface area contributed by atoms with Crippen LogP contribution < -0.4 is 11.1 Å². The Kier molecular flexibility index (Phi) is 5.34. The van der Waals surface area contributed by atoms with Crippen LogP contribution >= 0.6 is 11.8 Å². The van der Waals surface area contributed by atoms with Gasteiger partial charge in [-0.3, -0.25) is 18.7 Å². The first kappa shape index (κ1) is 21.2. The first-order valence-corrected chi connectivity index (χ1v) is 11.6. The third-order valence-electron chi connectivity index (χ3n) is 5.90. The SMILES string of the molecule is Cc1ccc(-n2c(SCc3nc4ccccc4c(=O)n3C)nc3ccccc3c2=O)cc1C. The molecule has 6 nitrogen and oxygen atoms in total. The number of para-hydroxylation sites is 2. The molecule has 5 aromatic rings. The molecule has 0 aliphatic carbocycles. The van der Waals surface area contributed by atoms with E-state index in [1.165, 1.54) is 11.8 Å². The Hall–Kier alpha value is -3.71. The van der Waals surface area contributed by atoms with Crippen LogP contribution in [0.2, 0.25) is 0 Å². The highest BCUT2D eigenvalue weighted by atomic mass is 32.2. The maximum atomic E-state index is 13.5. The molecule has 7 heteroatoms. The molecule has 0 atom stereocenters. The first-order valence-electron chi connectivity index (χ1n) is 10.6. The number of hydrogen-bond acceptors (Lipinski definition) is 5. The number of nitrogens with zero attached hydrogens (tertiary/aromatic N) is 4. The van der Waals surface area contributed by atoms with E-state index in [9.17, 15) is 9.59 Å². The van der Waals surface area contributed by atoms with Gasteiger partial charge in [0.05, 0.1) is 33.2 Å². The molecule has 0 radical (unpaired) electrons. The standard InChI is InChI=1S/C26H22N4O2S/c1-16-12-13-18(14-17(16)2)30-25(32)20-9-5-7-11-22(20)28-26(30)33-15-23-27-21-10-6-4-8-19(21)24(31)29(23)3/h4-14H,15H2,1-3H3. The van der Waals surface area contributed by atoms with E-state index >= 15 is 0 Å². The first-order chi connectivity index (χ1) is 15.9. The van der Waals surface area contributed by atoms with Crippen LogP contribution in [0.25, 0.3) is 27.5 Å². The van der Waals surface area contributed by atoms with Gasteiger partial charge in [0.15, 0.2) is 5.16 Å². The lowest BCUT2D eigenvalue weighted by Crippen LogP contribution is -2.23. The fourth-order valence-corrected chi connectivity index (χ4v) is 4.82. The summed E-state index contributed by atoms with van der Waals surface area (Å²) in [6.07, 6.45) is 0. The minimum Gasteiger partial charge on any atom is -0.299 e. The van der Waals surface area contributed by atoms with E-state index in [1.54, 1.807) is 28.3 Å². The van der Waals surface area contributed by atoms with Gasteiger partial charge in [-0.2, -0.15) is 0 Å². The van der Waals surface area contributed by atoms with Crippen LogP contribution in [0.3, 0.4) is 0 Å². The zero-order chi connectivity index (χ0) is 23.1. The predicted octanol–water partition coefficient (Wildman–Crippen LogP) is 4.54. The Bertz CT molecular complexity index is 1650. The van der Waals surface area contributed by atoms with Gasteiger partial charge >= 0.3 is 0 Å². The predicted molar refractivity (Wildman–Crippen MR) is 133 cm³/mol. The van der Waals surface area contributed by atoms with Crippen molar-refractivity contribution in [3.8, 4) is 5.69 Å². The van der Waals surface area contributed by atoms with Gasteiger partial charge in [0, 0.05) is 7.05 Å². The van der Waals surface area contributed by atoms with Gasteiger partial charge in [-0.05, 0) is 61.4 Å². The molecule has 3 aromatic carbocycles. The average Bonchev–Trinajstić information content (AvgIpc) is 2.82. The van der Waals surface area contributed by atoms with Crippen LogP contribution in [-0.4, -0.2) is 19.1 Å². The Morgan fingerprint density at radius 2 is 1.42 bits per heavy atom. The highest BCUT2D eigenvalue weighted by Gasteiger charge is 2.16. The molecule has 0 fully saturated rings. The number of rotatable bonds is 4. The summed E-state index contributed by atoms with van der Waals surface area (Å²) in [5, 5.41) is 1.71. The lowest BCUT2D eigenvalue weighted by Gasteiger charge is -2.15. The molecule has 5 rings (SSSR count). The van der Waals surface area contributed by atoms with Gasteiger partial charge in [-0.25, -0.2) is 9.97 Å². The minimum absolute atomic E-state index is 0.0887. The summed E-state index contributed by atoms with van der Waals surface area (Å²) in [6, 6.07) is 20.6. The van der Waals surface area contributed by atoms with Crippen molar-refractivity contribution in [3.63, 3.8) is 0 Å². The molecule has 2 heterocycles. The van der Waals surface area contributed by atoms with Crippen LogP contribution in [0.15, 0.2) is 81.5 Å². The van der Waals surface area contributed by atoms with E-state index in [4.69, 9.17) is 9.97 Å². The summed E-state index contributed by atoms with van der Waals surface area (Å²) in [7, 11) is 1.72. The molecular weight excluding hydrogens is 432 g/mol. The summed E-state index contributed by atoms with van der Waals surface area (Å²) in [5.74, 6) is 1.02. The highest BCUT2D eigenvalue weighted by molar-refractivity contribution is 7.98. The molecule has 0 saturated carbocycles. The van der Waals surface area contributed by atoms with Gasteiger partial charge in [0.25, 0.3) is 11.1 Å². The second-order valence-corrected chi connectivity index (χ2v) is 8.96. The second-order valence-electron chi connectivity index (χ2n) is 8.02. The smallest absolute Gasteiger partial charge is 0.266 e. The summed E-state index contributed by atoms with van der Waals surface area (Å²) in [5.41, 5.74) is 4.12. The number of fused-ring (bicyclic) bond motifs is 2. The van der Waals surface area contributed by atoms with Gasteiger partial charge in [-0.15, -0.1) is 0 Å². The molecule has 0 spiro atoms. The summed E-state index contributed by atoms with van der Waals surface area (Å²) in [4.78, 5) is 35.8. The van der Waals surface area contributed by atoms with Crippen LogP contribution in [-0.2, 0) is 12.8 Å². The molecule has 164 valence electrons. The Morgan fingerprint density at radius 1 is 0.788 bits per heavy atom. The number of aryl methyl sites for hydroxylation is 2. The Morgan fingerprint density at radius 3 is 2.12 bits per heavy atom. The molecule has 0 aliphatic heterocycles. The van der Waals surface area contributed by atoms with Crippen molar-refractivity contribution in [1.82, 2.24) is 19.1 Å². The van der Waals surface area contributed by atoms with Gasteiger partial charge < -0.3 is 0 Å². The number of hydrogen-bond donors (Lipinski definition) is 0. The van der Waals surface area contributed by atoms with E-state index < -0.39 is 0 Å². The topological polar surface area (TPSA) is 69.8 Å². The summed E-state index contributed by atoms with van der Waals surface area (Å²) in [6.45, 7) is 4.07. The lowest BCUT2D eigenvalue weighted by atomic mass is 10.1. The molecular formula is C26H22N4O2S. The average molecular weight is 455 g/mol. The monoisotopic (exact) mass is 454 g/mol. The maximum Gasteiger partial charge on any atom is 0.266 e. The molecule has 0 unspecified atom stereocenters. The van der Waals surface area contributed by atoms with Crippen molar-refractivity contribution < 1.29 is 0 Å². The zero-order valence-electron chi connectivity index (χ0n) is 18.6. The summed E-state index contributed by atoms with van der Waals surface area (Å²) >= 11 is 1.40. The van der Waals surface area contributed by atoms with Crippen molar-refractivity contribution >= 4 is 33.6 Å². The van der Waals surface area contributed by atoms with Gasteiger partial charge in [0.2, 0.25) is 0 Å². The maximum absolute atomic E-state index is 13.5. The fraction of sp³-hybridized carbons (Fsp3) is 0.154. The third-order valence-corrected chi connectivity index (χ3v) is 6.83. The molecule has 0 aliphatic rings. The normalized spacial score (nSPS) is 11.4. The van der Waals surface area contributed by atoms with Gasteiger partial charge in [-0.1, -0.05) is 42.1 Å². The van der Waals surface area contributed by atoms with Crippen LogP contribution in [0.4, 0.5) is 0 Å². The van der Waals surface area contributed by atoms with Crippen molar-refractivity contribution in [2.24, 2.45) is 7.05 Å². The second kappa shape index (κ2) is 8.33. The molecule has 33 heavy (non-hydrogen) atoms. The Labute approximate surface area is 194 Å². The van der Waals surface area contributed by atoms with Crippen molar-refractivity contribution in [1.29, 1.82) is 0 Å². The van der Waals surface area contributed by atoms with Crippen LogP contribution in [0.1, 0.15) is 17.0 Å². The van der Waals surface area contributed by atoms with E-state index in [2.05, 4.69) is 0 Å². The van der Waals surface area contributed by atoms with E-state index in [1.807, 2.05) is 68.4 Å². The van der Waals surface area contributed by atoms with E-state index in [0.29, 0.717) is 38.5 Å². The largest absolute Gasteiger partial charge is 0.299 e.